The van der Waals surface area contributed by atoms with E-state index in [4.69, 9.17) is 4.74 Å². The van der Waals surface area contributed by atoms with Gasteiger partial charge >= 0.3 is 6.09 Å². The number of hydrogen-bond acceptors (Lipinski definition) is 4. The van der Waals surface area contributed by atoms with Crippen LogP contribution in [-0.4, -0.2) is 62.4 Å². The standard InChI is InChI=1S/C16H24N4O3/c1-16(2,3)23-15(22)19-9-12(10-19)20(11-5-6-11)14(21)13-7-8-18(4)17-13/h7-8,11-12H,5-6,9-10H2,1-4H3. The van der Waals surface area contributed by atoms with Crippen LogP contribution < -0.4 is 0 Å². The van der Waals surface area contributed by atoms with Crippen molar-refractivity contribution in [2.24, 2.45) is 7.05 Å². The summed E-state index contributed by atoms with van der Waals surface area (Å²) < 4.78 is 6.99. The maximum atomic E-state index is 12.7. The molecule has 2 amide bonds. The molecule has 2 heterocycles. The number of likely N-dealkylation sites (tertiary alicyclic amines) is 1. The first-order valence-electron chi connectivity index (χ1n) is 8.05. The predicted octanol–water partition coefficient (Wildman–Crippen LogP) is 1.64. The summed E-state index contributed by atoms with van der Waals surface area (Å²) in [6.45, 7) is 6.61. The minimum Gasteiger partial charge on any atom is -0.444 e. The molecule has 1 aromatic heterocycles. The molecule has 0 N–H and O–H groups in total. The van der Waals surface area contributed by atoms with E-state index in [0.29, 0.717) is 18.8 Å². The molecule has 0 aromatic carbocycles. The fraction of sp³-hybridized carbons (Fsp3) is 0.688. The van der Waals surface area contributed by atoms with Crippen LogP contribution in [0.1, 0.15) is 44.1 Å². The van der Waals surface area contributed by atoms with Crippen molar-refractivity contribution < 1.29 is 14.3 Å². The lowest BCUT2D eigenvalue weighted by Gasteiger charge is -2.45. The third-order valence-electron chi connectivity index (χ3n) is 4.01. The lowest BCUT2D eigenvalue weighted by molar-refractivity contribution is -0.0143. The summed E-state index contributed by atoms with van der Waals surface area (Å²) in [4.78, 5) is 28.3. The number of nitrogens with zero attached hydrogens (tertiary/aromatic N) is 4. The second-order valence-electron chi connectivity index (χ2n) is 7.36. The first kappa shape index (κ1) is 15.8. The normalized spacial score (nSPS) is 18.5. The van der Waals surface area contributed by atoms with E-state index < -0.39 is 5.60 Å². The zero-order valence-corrected chi connectivity index (χ0v) is 14.2. The number of carbonyl (C=O) groups excluding carboxylic acids is 2. The van der Waals surface area contributed by atoms with Crippen molar-refractivity contribution in [1.82, 2.24) is 19.6 Å². The van der Waals surface area contributed by atoms with E-state index in [0.717, 1.165) is 12.8 Å². The zero-order valence-electron chi connectivity index (χ0n) is 14.2. The largest absolute Gasteiger partial charge is 0.444 e. The number of amides is 2. The lowest BCUT2D eigenvalue weighted by atomic mass is 10.1. The maximum Gasteiger partial charge on any atom is 0.410 e. The number of aromatic nitrogens is 2. The smallest absolute Gasteiger partial charge is 0.410 e. The molecule has 1 aliphatic carbocycles. The van der Waals surface area contributed by atoms with E-state index in [-0.39, 0.29) is 24.1 Å². The molecule has 23 heavy (non-hydrogen) atoms. The average Bonchev–Trinajstić information content (AvgIpc) is 3.11. The molecular weight excluding hydrogens is 296 g/mol. The molecule has 126 valence electrons. The number of carbonyl (C=O) groups is 2. The molecule has 1 saturated heterocycles. The monoisotopic (exact) mass is 320 g/mol. The summed E-state index contributed by atoms with van der Waals surface area (Å²) >= 11 is 0. The Morgan fingerprint density at radius 1 is 1.26 bits per heavy atom. The second kappa shape index (κ2) is 5.54. The Hall–Kier alpha value is -2.05. The van der Waals surface area contributed by atoms with Crippen LogP contribution in [0.15, 0.2) is 12.3 Å². The number of hydrogen-bond donors (Lipinski definition) is 0. The predicted molar refractivity (Wildman–Crippen MR) is 84.0 cm³/mol. The molecule has 1 aliphatic heterocycles. The molecule has 7 nitrogen and oxygen atoms in total. The Balaban J connectivity index is 1.62. The second-order valence-corrected chi connectivity index (χ2v) is 7.36. The van der Waals surface area contributed by atoms with Crippen molar-refractivity contribution in [3.8, 4) is 0 Å². The fourth-order valence-corrected chi connectivity index (χ4v) is 2.75. The number of rotatable bonds is 3. The topological polar surface area (TPSA) is 67.7 Å². The molecule has 2 aliphatic rings. The number of ether oxygens (including phenoxy) is 1. The van der Waals surface area contributed by atoms with E-state index >= 15 is 0 Å². The van der Waals surface area contributed by atoms with Crippen LogP contribution in [0.3, 0.4) is 0 Å². The highest BCUT2D eigenvalue weighted by atomic mass is 16.6. The van der Waals surface area contributed by atoms with Crippen molar-refractivity contribution in [1.29, 1.82) is 0 Å². The molecule has 0 unspecified atom stereocenters. The molecule has 0 bridgehead atoms. The van der Waals surface area contributed by atoms with Gasteiger partial charge in [0.05, 0.1) is 6.04 Å². The highest BCUT2D eigenvalue weighted by molar-refractivity contribution is 5.93. The first-order chi connectivity index (χ1) is 10.7. The van der Waals surface area contributed by atoms with E-state index in [1.165, 1.54) is 0 Å². The van der Waals surface area contributed by atoms with E-state index in [1.54, 1.807) is 28.9 Å². The Kier molecular flexibility index (Phi) is 3.82. The first-order valence-corrected chi connectivity index (χ1v) is 8.05. The van der Waals surface area contributed by atoms with Gasteiger partial charge in [-0.2, -0.15) is 5.10 Å². The summed E-state index contributed by atoms with van der Waals surface area (Å²) in [6, 6.07) is 2.09. The Bertz CT molecular complexity index is 609. The highest BCUT2D eigenvalue weighted by Gasteiger charge is 2.45. The Labute approximate surface area is 136 Å². The van der Waals surface area contributed by atoms with Gasteiger partial charge in [0.1, 0.15) is 11.3 Å². The van der Waals surface area contributed by atoms with Gasteiger partial charge in [-0.1, -0.05) is 0 Å². The molecule has 0 radical (unpaired) electrons. The molecular formula is C16H24N4O3. The minimum atomic E-state index is -0.498. The lowest BCUT2D eigenvalue weighted by Crippen LogP contribution is -2.63. The third kappa shape index (κ3) is 3.48. The van der Waals surface area contributed by atoms with Gasteiger partial charge in [-0.3, -0.25) is 9.48 Å². The van der Waals surface area contributed by atoms with Gasteiger partial charge in [-0.15, -0.1) is 0 Å². The summed E-state index contributed by atoms with van der Waals surface area (Å²) in [5, 5.41) is 4.21. The van der Waals surface area contributed by atoms with Gasteiger partial charge in [0.25, 0.3) is 5.91 Å². The summed E-state index contributed by atoms with van der Waals surface area (Å²) in [7, 11) is 1.80. The SMILES string of the molecule is Cn1ccc(C(=O)N(C2CC2)C2CN(C(=O)OC(C)(C)C)C2)n1. The molecule has 0 spiro atoms. The molecule has 3 rings (SSSR count). The maximum absolute atomic E-state index is 12.7. The van der Waals surface area contributed by atoms with Crippen LogP contribution in [0, 0.1) is 0 Å². The van der Waals surface area contributed by atoms with Crippen molar-refractivity contribution in [3.63, 3.8) is 0 Å². The van der Waals surface area contributed by atoms with E-state index in [9.17, 15) is 9.59 Å². The van der Waals surface area contributed by atoms with Gasteiger partial charge in [-0.05, 0) is 39.7 Å². The fourth-order valence-electron chi connectivity index (χ4n) is 2.75. The van der Waals surface area contributed by atoms with E-state index in [2.05, 4.69) is 5.10 Å². The third-order valence-corrected chi connectivity index (χ3v) is 4.01. The van der Waals surface area contributed by atoms with Crippen molar-refractivity contribution in [2.75, 3.05) is 13.1 Å². The molecule has 0 atom stereocenters. The van der Waals surface area contributed by atoms with Crippen molar-refractivity contribution in [2.45, 2.75) is 51.3 Å². The van der Waals surface area contributed by atoms with Crippen LogP contribution in [0.5, 0.6) is 0 Å². The summed E-state index contributed by atoms with van der Waals surface area (Å²) in [5.41, 5.74) is -0.0302. The minimum absolute atomic E-state index is 0.0399. The highest BCUT2D eigenvalue weighted by Crippen LogP contribution is 2.33. The molecule has 1 aromatic rings. The molecule has 7 heteroatoms. The summed E-state index contributed by atoms with van der Waals surface area (Å²) in [6.07, 6.45) is 3.52. The van der Waals surface area contributed by atoms with Gasteiger partial charge in [0.15, 0.2) is 0 Å². The van der Waals surface area contributed by atoms with Crippen LogP contribution in [0.25, 0.3) is 0 Å². The van der Waals surface area contributed by atoms with Crippen LogP contribution in [-0.2, 0) is 11.8 Å². The van der Waals surface area contributed by atoms with Gasteiger partial charge in [0, 0.05) is 32.4 Å². The van der Waals surface area contributed by atoms with Gasteiger partial charge in [0.2, 0.25) is 0 Å². The van der Waals surface area contributed by atoms with Gasteiger partial charge in [-0.25, -0.2) is 4.79 Å². The van der Waals surface area contributed by atoms with Crippen molar-refractivity contribution >= 4 is 12.0 Å². The van der Waals surface area contributed by atoms with Crippen molar-refractivity contribution in [3.05, 3.63) is 18.0 Å². The Morgan fingerprint density at radius 2 is 1.91 bits per heavy atom. The zero-order chi connectivity index (χ0) is 16.8. The Morgan fingerprint density at radius 3 is 2.39 bits per heavy atom. The van der Waals surface area contributed by atoms with Crippen LogP contribution in [0.2, 0.25) is 0 Å². The van der Waals surface area contributed by atoms with Crippen LogP contribution >= 0.6 is 0 Å². The quantitative estimate of drug-likeness (QED) is 0.849. The number of aryl methyl sites for hydroxylation is 1. The van der Waals surface area contributed by atoms with Gasteiger partial charge < -0.3 is 14.5 Å². The van der Waals surface area contributed by atoms with E-state index in [1.807, 2.05) is 25.7 Å². The van der Waals surface area contributed by atoms with Crippen LogP contribution in [0.4, 0.5) is 4.79 Å². The molecule has 1 saturated carbocycles. The average molecular weight is 320 g/mol. The molecule has 2 fully saturated rings. The summed E-state index contributed by atoms with van der Waals surface area (Å²) in [5.74, 6) is -0.0399.